The minimum absolute atomic E-state index is 0.0579. The van der Waals surface area contributed by atoms with Gasteiger partial charge in [-0.1, -0.05) is 6.92 Å². The zero-order valence-electron chi connectivity index (χ0n) is 22.4. The molecular weight excluding hydrogens is 492 g/mol. The predicted molar refractivity (Wildman–Crippen MR) is 133 cm³/mol. The van der Waals surface area contributed by atoms with Crippen molar-refractivity contribution in [1.82, 2.24) is 0 Å². The Morgan fingerprint density at radius 1 is 1.05 bits per heavy atom. The first-order valence-electron chi connectivity index (χ1n) is 14.4. The van der Waals surface area contributed by atoms with E-state index in [0.29, 0.717) is 51.4 Å². The maximum absolute atomic E-state index is 13.1. The van der Waals surface area contributed by atoms with Gasteiger partial charge >= 0.3 is 5.97 Å². The summed E-state index contributed by atoms with van der Waals surface area (Å²) in [6.07, 6.45) is 4.39. The first kappa shape index (κ1) is 26.8. The van der Waals surface area contributed by atoms with Crippen molar-refractivity contribution in [3.63, 3.8) is 0 Å². The Bertz CT molecular complexity index is 1000. The summed E-state index contributed by atoms with van der Waals surface area (Å²) in [6.45, 7) is 4.11. The van der Waals surface area contributed by atoms with Crippen LogP contribution in [0.25, 0.3) is 0 Å². The van der Waals surface area contributed by atoms with Crippen LogP contribution < -0.4 is 0 Å². The molecule has 2 aliphatic heterocycles. The van der Waals surface area contributed by atoms with Crippen molar-refractivity contribution >= 4 is 12.3 Å². The molecule has 0 bridgehead atoms. The van der Waals surface area contributed by atoms with Crippen LogP contribution in [0.2, 0.25) is 0 Å². The van der Waals surface area contributed by atoms with Crippen molar-refractivity contribution in [2.75, 3.05) is 6.61 Å². The number of hydrogen-bond acceptors (Lipinski definition) is 9. The summed E-state index contributed by atoms with van der Waals surface area (Å²) in [7, 11) is 0. The van der Waals surface area contributed by atoms with Gasteiger partial charge in [-0.25, -0.2) is 4.79 Å². The van der Waals surface area contributed by atoms with Gasteiger partial charge in [-0.3, -0.25) is 0 Å². The van der Waals surface area contributed by atoms with Gasteiger partial charge in [-0.15, -0.1) is 0 Å². The van der Waals surface area contributed by atoms with Gasteiger partial charge in [0.2, 0.25) is 0 Å². The second-order valence-corrected chi connectivity index (χ2v) is 13.3. The summed E-state index contributed by atoms with van der Waals surface area (Å²) >= 11 is 0. The molecule has 0 aromatic carbocycles. The topological polar surface area (TPSA) is 143 Å². The highest BCUT2D eigenvalue weighted by atomic mass is 16.7. The molecule has 4 saturated carbocycles. The van der Waals surface area contributed by atoms with Crippen LogP contribution in [0.3, 0.4) is 0 Å². The molecule has 1 saturated heterocycles. The highest BCUT2D eigenvalue weighted by Crippen LogP contribution is 2.70. The molecule has 2 heterocycles. The fourth-order valence-electron chi connectivity index (χ4n) is 9.74. The van der Waals surface area contributed by atoms with Crippen LogP contribution in [-0.4, -0.2) is 81.2 Å². The van der Waals surface area contributed by atoms with Crippen molar-refractivity contribution in [2.45, 2.75) is 120 Å². The molecule has 4 N–H and O–H groups in total. The van der Waals surface area contributed by atoms with E-state index in [4.69, 9.17) is 14.2 Å². The SMILES string of the molecule is C[C@H]1O[C@@H](O[C@@H]2CC[C@@]3(O)CC[C@@H]4[C@H](CC[C@]5(C)[C@@H](C6=CC(=O)OC6)CC[C@]45O)[C@@]3(C=O)C2)C[C@H](O)[C@@H]1O. The number of hydrogen-bond donors (Lipinski definition) is 4. The molecule has 5 fully saturated rings. The lowest BCUT2D eigenvalue weighted by molar-refractivity contribution is -0.286. The van der Waals surface area contributed by atoms with Crippen molar-refractivity contribution in [3.8, 4) is 0 Å². The van der Waals surface area contributed by atoms with Gasteiger partial charge in [0.1, 0.15) is 19.0 Å². The fourth-order valence-corrected chi connectivity index (χ4v) is 9.74. The minimum Gasteiger partial charge on any atom is -0.458 e. The number of fused-ring (bicyclic) bond motifs is 5. The van der Waals surface area contributed by atoms with Crippen molar-refractivity contribution < 1.29 is 44.2 Å². The Labute approximate surface area is 223 Å². The second-order valence-electron chi connectivity index (χ2n) is 13.3. The number of aliphatic hydroxyl groups excluding tert-OH is 2. The summed E-state index contributed by atoms with van der Waals surface area (Å²) in [6, 6.07) is 0. The summed E-state index contributed by atoms with van der Waals surface area (Å²) in [5.74, 6) is -0.586. The monoisotopic (exact) mass is 534 g/mol. The van der Waals surface area contributed by atoms with E-state index < -0.39 is 46.6 Å². The Hall–Kier alpha value is -1.36. The molecule has 6 aliphatic rings. The molecule has 38 heavy (non-hydrogen) atoms. The van der Waals surface area contributed by atoms with Crippen molar-refractivity contribution in [2.24, 2.45) is 28.6 Å². The number of aliphatic hydroxyl groups is 4. The van der Waals surface area contributed by atoms with E-state index in [0.717, 1.165) is 18.3 Å². The molecular formula is C29H42O9. The third kappa shape index (κ3) is 3.65. The molecule has 12 atom stereocenters. The van der Waals surface area contributed by atoms with E-state index >= 15 is 0 Å². The number of aldehydes is 1. The molecule has 0 spiro atoms. The van der Waals surface area contributed by atoms with E-state index in [2.05, 4.69) is 6.92 Å². The Balaban J connectivity index is 1.26. The van der Waals surface area contributed by atoms with E-state index in [1.165, 1.54) is 0 Å². The molecule has 0 aromatic heterocycles. The van der Waals surface area contributed by atoms with Gasteiger partial charge in [0.15, 0.2) is 6.29 Å². The standard InChI is InChI=1S/C29H42O9/c1-16-25(33)22(31)12-24(37-16)38-18-3-8-28(34)9-5-21-20(27(28,13-18)15-30)4-7-26(2)19(6-10-29(21,26)35)17-11-23(32)36-14-17/h11,15-16,18-22,24-25,31,33-35H,3-10,12-14H2,1-2H3/t16-,18-,19-,20+,21-,22+,24+,25-,26-,27+,28-,29+/m1/s1. The maximum atomic E-state index is 13.1. The lowest BCUT2D eigenvalue weighted by atomic mass is 9.41. The number of ether oxygens (including phenoxy) is 3. The average Bonchev–Trinajstić information content (AvgIpc) is 3.42. The molecule has 212 valence electrons. The number of carbonyl (C=O) groups is 2. The van der Waals surface area contributed by atoms with Gasteiger partial charge in [0, 0.05) is 17.9 Å². The van der Waals surface area contributed by atoms with Crippen LogP contribution in [0.4, 0.5) is 0 Å². The van der Waals surface area contributed by atoms with E-state index in [9.17, 15) is 30.0 Å². The predicted octanol–water partition coefficient (Wildman–Crippen LogP) is 1.78. The van der Waals surface area contributed by atoms with Crippen LogP contribution in [0.15, 0.2) is 11.6 Å². The third-order valence-electron chi connectivity index (χ3n) is 11.9. The Kier molecular flexibility index (Phi) is 6.41. The quantitative estimate of drug-likeness (QED) is 0.241. The average molecular weight is 535 g/mol. The molecule has 0 radical (unpaired) electrons. The first-order valence-corrected chi connectivity index (χ1v) is 14.4. The van der Waals surface area contributed by atoms with Gasteiger partial charge < -0.3 is 39.4 Å². The van der Waals surface area contributed by atoms with Crippen molar-refractivity contribution in [3.05, 3.63) is 11.6 Å². The van der Waals surface area contributed by atoms with E-state index in [1.54, 1.807) is 13.0 Å². The second kappa shape index (κ2) is 9.08. The Morgan fingerprint density at radius 3 is 2.47 bits per heavy atom. The van der Waals surface area contributed by atoms with Gasteiger partial charge in [-0.2, -0.15) is 0 Å². The minimum atomic E-state index is -1.15. The fraction of sp³-hybridized carbons (Fsp3) is 0.862. The molecule has 9 nitrogen and oxygen atoms in total. The Morgan fingerprint density at radius 2 is 1.79 bits per heavy atom. The highest BCUT2D eigenvalue weighted by Gasteiger charge is 2.71. The summed E-state index contributed by atoms with van der Waals surface area (Å²) in [5, 5.41) is 44.6. The zero-order chi connectivity index (χ0) is 27.1. The summed E-state index contributed by atoms with van der Waals surface area (Å²) in [4.78, 5) is 24.9. The number of cyclic esters (lactones) is 1. The van der Waals surface area contributed by atoms with Crippen LogP contribution in [0, 0.1) is 28.6 Å². The summed E-state index contributed by atoms with van der Waals surface area (Å²) < 4.78 is 17.3. The van der Waals surface area contributed by atoms with E-state index in [1.807, 2.05) is 0 Å². The molecule has 9 heteroatoms. The molecule has 0 unspecified atom stereocenters. The maximum Gasteiger partial charge on any atom is 0.331 e. The van der Waals surface area contributed by atoms with Gasteiger partial charge in [0.25, 0.3) is 0 Å². The van der Waals surface area contributed by atoms with Crippen LogP contribution in [0.1, 0.15) is 78.1 Å². The molecule has 4 aliphatic carbocycles. The normalized spacial score (nSPS) is 54.4. The smallest absolute Gasteiger partial charge is 0.331 e. The lowest BCUT2D eigenvalue weighted by Crippen LogP contribution is -2.69. The van der Waals surface area contributed by atoms with Gasteiger partial charge in [-0.05, 0) is 88.0 Å². The number of esters is 1. The first-order chi connectivity index (χ1) is 18.0. The van der Waals surface area contributed by atoms with Crippen LogP contribution >= 0.6 is 0 Å². The largest absolute Gasteiger partial charge is 0.458 e. The van der Waals surface area contributed by atoms with Gasteiger partial charge in [0.05, 0.1) is 34.9 Å². The molecule has 0 aromatic rings. The lowest BCUT2D eigenvalue weighted by Gasteiger charge is -2.65. The third-order valence-corrected chi connectivity index (χ3v) is 11.9. The van der Waals surface area contributed by atoms with E-state index in [-0.39, 0.29) is 42.9 Å². The van der Waals surface area contributed by atoms with Crippen LogP contribution in [0.5, 0.6) is 0 Å². The molecule has 0 amide bonds. The highest BCUT2D eigenvalue weighted by molar-refractivity contribution is 5.85. The van der Waals surface area contributed by atoms with Crippen LogP contribution in [-0.2, 0) is 23.8 Å². The zero-order valence-corrected chi connectivity index (χ0v) is 22.4. The van der Waals surface area contributed by atoms with Crippen molar-refractivity contribution in [1.29, 1.82) is 0 Å². The summed E-state index contributed by atoms with van der Waals surface area (Å²) in [5.41, 5.74) is -2.66. The number of rotatable bonds is 4. The number of carbonyl (C=O) groups excluding carboxylic acids is 2. The molecule has 6 rings (SSSR count).